The van der Waals surface area contributed by atoms with Crippen LogP contribution >= 0.6 is 0 Å². The van der Waals surface area contributed by atoms with Gasteiger partial charge in [-0.2, -0.15) is 0 Å². The normalized spacial score (nSPS) is 13.2. The van der Waals surface area contributed by atoms with Crippen molar-refractivity contribution in [3.05, 3.63) is 30.1 Å². The lowest BCUT2D eigenvalue weighted by Crippen LogP contribution is -1.99. The van der Waals surface area contributed by atoms with Crippen LogP contribution in [-0.2, 0) is 6.42 Å². The van der Waals surface area contributed by atoms with E-state index in [0.29, 0.717) is 0 Å². The van der Waals surface area contributed by atoms with Crippen molar-refractivity contribution in [2.75, 3.05) is 0 Å². The molecule has 0 fully saturated rings. The second-order valence-corrected chi connectivity index (χ2v) is 4.36. The third-order valence-corrected chi connectivity index (χ3v) is 2.82. The van der Waals surface area contributed by atoms with Crippen molar-refractivity contribution in [3.8, 4) is 0 Å². The Morgan fingerprint density at radius 1 is 1.47 bits per heavy atom. The van der Waals surface area contributed by atoms with Gasteiger partial charge in [0.05, 0.1) is 0 Å². The largest absolute Gasteiger partial charge is 0.346 e. The summed E-state index contributed by atoms with van der Waals surface area (Å²) >= 11 is 0. The van der Waals surface area contributed by atoms with Gasteiger partial charge in [0.15, 0.2) is 0 Å². The number of aromatic nitrogens is 2. The SMILES string of the molecule is CCCC(C)Cc1cnc2[nH]ccc2c1. The van der Waals surface area contributed by atoms with Gasteiger partial charge in [0.25, 0.3) is 0 Å². The van der Waals surface area contributed by atoms with Gasteiger partial charge in [0.1, 0.15) is 5.65 Å². The number of aromatic amines is 1. The zero-order valence-electron chi connectivity index (χ0n) is 9.46. The van der Waals surface area contributed by atoms with Crippen LogP contribution in [0.4, 0.5) is 0 Å². The summed E-state index contributed by atoms with van der Waals surface area (Å²) in [5.74, 6) is 0.758. The lowest BCUT2D eigenvalue weighted by molar-refractivity contribution is 0.522. The number of hydrogen-bond acceptors (Lipinski definition) is 1. The summed E-state index contributed by atoms with van der Waals surface area (Å²) in [7, 11) is 0. The van der Waals surface area contributed by atoms with Gasteiger partial charge < -0.3 is 4.98 Å². The van der Waals surface area contributed by atoms with E-state index in [-0.39, 0.29) is 0 Å². The van der Waals surface area contributed by atoms with E-state index in [0.717, 1.165) is 18.0 Å². The lowest BCUT2D eigenvalue weighted by Gasteiger charge is -2.09. The first-order valence-corrected chi connectivity index (χ1v) is 5.71. The van der Waals surface area contributed by atoms with Crippen molar-refractivity contribution in [2.24, 2.45) is 5.92 Å². The molecule has 2 aromatic rings. The Kier molecular flexibility index (Phi) is 3.05. The van der Waals surface area contributed by atoms with Crippen molar-refractivity contribution in [2.45, 2.75) is 33.1 Å². The molecule has 2 heteroatoms. The summed E-state index contributed by atoms with van der Waals surface area (Å²) in [6, 6.07) is 4.32. The minimum atomic E-state index is 0.758. The molecule has 1 N–H and O–H groups in total. The third-order valence-electron chi connectivity index (χ3n) is 2.82. The molecule has 0 spiro atoms. The highest BCUT2D eigenvalue weighted by Crippen LogP contribution is 2.16. The molecule has 0 aromatic carbocycles. The molecule has 2 rings (SSSR count). The lowest BCUT2D eigenvalue weighted by atomic mass is 9.98. The van der Waals surface area contributed by atoms with Crippen LogP contribution in [0.15, 0.2) is 24.5 Å². The van der Waals surface area contributed by atoms with E-state index < -0.39 is 0 Å². The van der Waals surface area contributed by atoms with E-state index in [1.807, 2.05) is 12.4 Å². The molecule has 2 heterocycles. The number of hydrogen-bond donors (Lipinski definition) is 1. The average Bonchev–Trinajstić information content (AvgIpc) is 2.65. The zero-order valence-corrected chi connectivity index (χ0v) is 9.46. The van der Waals surface area contributed by atoms with Crippen LogP contribution in [0, 0.1) is 5.92 Å². The molecule has 0 bridgehead atoms. The standard InChI is InChI=1S/C13H18N2/c1-3-4-10(2)7-11-8-12-5-6-14-13(12)15-9-11/h5-6,8-10H,3-4,7H2,1-2H3,(H,14,15). The maximum absolute atomic E-state index is 4.40. The summed E-state index contributed by atoms with van der Waals surface area (Å²) in [4.78, 5) is 7.51. The Morgan fingerprint density at radius 2 is 2.33 bits per heavy atom. The van der Waals surface area contributed by atoms with Gasteiger partial charge in [-0.25, -0.2) is 4.98 Å². The number of nitrogens with one attached hydrogen (secondary N) is 1. The first kappa shape index (κ1) is 10.2. The number of nitrogens with zero attached hydrogens (tertiary/aromatic N) is 1. The molecule has 2 aromatic heterocycles. The summed E-state index contributed by atoms with van der Waals surface area (Å²) in [6.07, 6.45) is 7.63. The molecule has 0 aliphatic rings. The van der Waals surface area contributed by atoms with Gasteiger partial charge in [-0.15, -0.1) is 0 Å². The maximum atomic E-state index is 4.40. The van der Waals surface area contributed by atoms with E-state index in [1.54, 1.807) is 0 Å². The smallest absolute Gasteiger partial charge is 0.137 e. The highest BCUT2D eigenvalue weighted by atomic mass is 14.8. The number of pyridine rings is 1. The quantitative estimate of drug-likeness (QED) is 0.807. The molecule has 2 nitrogen and oxygen atoms in total. The van der Waals surface area contributed by atoms with Gasteiger partial charge in [-0.3, -0.25) is 0 Å². The topological polar surface area (TPSA) is 28.7 Å². The van der Waals surface area contributed by atoms with Crippen LogP contribution in [0.25, 0.3) is 11.0 Å². The molecule has 0 aliphatic heterocycles. The molecule has 15 heavy (non-hydrogen) atoms. The number of rotatable bonds is 4. The van der Waals surface area contributed by atoms with E-state index in [1.165, 1.54) is 23.8 Å². The van der Waals surface area contributed by atoms with Crippen molar-refractivity contribution < 1.29 is 0 Å². The molecular formula is C13H18N2. The van der Waals surface area contributed by atoms with Crippen LogP contribution in [-0.4, -0.2) is 9.97 Å². The predicted octanol–water partition coefficient (Wildman–Crippen LogP) is 3.54. The van der Waals surface area contributed by atoms with Gasteiger partial charge in [0.2, 0.25) is 0 Å². The molecule has 1 atom stereocenters. The van der Waals surface area contributed by atoms with Crippen LogP contribution < -0.4 is 0 Å². The van der Waals surface area contributed by atoms with Gasteiger partial charge in [-0.05, 0) is 30.0 Å². The summed E-state index contributed by atoms with van der Waals surface area (Å²) < 4.78 is 0. The van der Waals surface area contributed by atoms with E-state index in [2.05, 4.69) is 35.9 Å². The summed E-state index contributed by atoms with van der Waals surface area (Å²) in [5, 5.41) is 1.22. The second kappa shape index (κ2) is 4.47. The van der Waals surface area contributed by atoms with Gasteiger partial charge in [0, 0.05) is 17.8 Å². The van der Waals surface area contributed by atoms with Crippen LogP contribution in [0.2, 0.25) is 0 Å². The first-order valence-electron chi connectivity index (χ1n) is 5.71. The van der Waals surface area contributed by atoms with Gasteiger partial charge >= 0.3 is 0 Å². The van der Waals surface area contributed by atoms with E-state index in [9.17, 15) is 0 Å². The molecule has 0 saturated heterocycles. The Morgan fingerprint density at radius 3 is 3.13 bits per heavy atom. The average molecular weight is 202 g/mol. The molecule has 1 unspecified atom stereocenters. The second-order valence-electron chi connectivity index (χ2n) is 4.36. The van der Waals surface area contributed by atoms with Crippen molar-refractivity contribution in [1.29, 1.82) is 0 Å². The Labute approximate surface area is 90.7 Å². The Hall–Kier alpha value is -1.31. The fraction of sp³-hybridized carbons (Fsp3) is 0.462. The Balaban J connectivity index is 2.14. The number of H-pyrrole nitrogens is 1. The molecule has 0 aliphatic carbocycles. The molecule has 80 valence electrons. The molecule has 0 radical (unpaired) electrons. The molecule has 0 saturated carbocycles. The third kappa shape index (κ3) is 2.38. The van der Waals surface area contributed by atoms with Gasteiger partial charge in [-0.1, -0.05) is 26.7 Å². The molecular weight excluding hydrogens is 184 g/mol. The van der Waals surface area contributed by atoms with Crippen LogP contribution in [0.3, 0.4) is 0 Å². The maximum Gasteiger partial charge on any atom is 0.137 e. The van der Waals surface area contributed by atoms with Crippen LogP contribution in [0.5, 0.6) is 0 Å². The molecule has 0 amide bonds. The van der Waals surface area contributed by atoms with Crippen molar-refractivity contribution in [1.82, 2.24) is 9.97 Å². The van der Waals surface area contributed by atoms with Crippen LogP contribution in [0.1, 0.15) is 32.3 Å². The minimum absolute atomic E-state index is 0.758. The zero-order chi connectivity index (χ0) is 10.7. The summed E-state index contributed by atoms with van der Waals surface area (Å²) in [5.41, 5.74) is 2.34. The number of fused-ring (bicyclic) bond motifs is 1. The highest BCUT2D eigenvalue weighted by Gasteiger charge is 2.04. The first-order chi connectivity index (χ1) is 7.29. The fourth-order valence-electron chi connectivity index (χ4n) is 2.09. The van der Waals surface area contributed by atoms with Crippen molar-refractivity contribution in [3.63, 3.8) is 0 Å². The fourth-order valence-corrected chi connectivity index (χ4v) is 2.09. The highest BCUT2D eigenvalue weighted by molar-refractivity contribution is 5.75. The summed E-state index contributed by atoms with van der Waals surface area (Å²) in [6.45, 7) is 4.55. The Bertz CT molecular complexity index is 431. The van der Waals surface area contributed by atoms with E-state index >= 15 is 0 Å². The van der Waals surface area contributed by atoms with Crippen molar-refractivity contribution >= 4 is 11.0 Å². The van der Waals surface area contributed by atoms with E-state index in [4.69, 9.17) is 0 Å². The monoisotopic (exact) mass is 202 g/mol. The predicted molar refractivity (Wildman–Crippen MR) is 63.9 cm³/mol. The minimum Gasteiger partial charge on any atom is -0.346 e.